The summed E-state index contributed by atoms with van der Waals surface area (Å²) in [6, 6.07) is 16.4. The molecule has 3 heteroatoms. The fourth-order valence-corrected chi connectivity index (χ4v) is 2.81. The van der Waals surface area contributed by atoms with Crippen LogP contribution in [0.4, 0.5) is 10.5 Å². The molecule has 2 aromatic carbocycles. The van der Waals surface area contributed by atoms with Crippen molar-refractivity contribution in [1.29, 1.82) is 0 Å². The first-order valence-corrected chi connectivity index (χ1v) is 8.90. The second-order valence-corrected chi connectivity index (χ2v) is 5.99. The number of fused-ring (bicyclic) bond motifs is 1. The van der Waals surface area contributed by atoms with E-state index in [-0.39, 0.29) is 6.03 Å². The van der Waals surface area contributed by atoms with Crippen molar-refractivity contribution in [2.45, 2.75) is 53.1 Å². The molecule has 0 spiro atoms. The number of benzene rings is 2. The molecule has 128 valence electrons. The van der Waals surface area contributed by atoms with Crippen LogP contribution in [0.15, 0.2) is 48.5 Å². The van der Waals surface area contributed by atoms with Crippen molar-refractivity contribution >= 4 is 11.7 Å². The van der Waals surface area contributed by atoms with Gasteiger partial charge in [-0.25, -0.2) is 4.79 Å². The van der Waals surface area contributed by atoms with E-state index in [0.29, 0.717) is 19.0 Å². The minimum Gasteiger partial charge on any atom is -0.316 e. The minimum atomic E-state index is -0.0347. The molecule has 0 saturated carbocycles. The Balaban J connectivity index is 0.00000100. The molecule has 0 aromatic heterocycles. The molecule has 24 heavy (non-hydrogen) atoms. The van der Waals surface area contributed by atoms with E-state index in [1.807, 2.05) is 43.0 Å². The molecule has 1 N–H and O–H groups in total. The van der Waals surface area contributed by atoms with Gasteiger partial charge in [-0.3, -0.25) is 0 Å². The molecular weight excluding hydrogens is 296 g/mol. The number of anilines is 1. The number of nitrogens with one attached hydrogen (secondary N) is 1. The Morgan fingerprint density at radius 1 is 1.04 bits per heavy atom. The largest absolute Gasteiger partial charge is 0.322 e. The lowest BCUT2D eigenvalue weighted by Gasteiger charge is -2.17. The third-order valence-corrected chi connectivity index (χ3v) is 4.47. The number of nitrogens with zero attached hydrogens (tertiary/aromatic N) is 1. The molecule has 2 aromatic rings. The quantitative estimate of drug-likeness (QED) is 0.763. The summed E-state index contributed by atoms with van der Waals surface area (Å²) >= 11 is 0. The predicted octanol–water partition coefficient (Wildman–Crippen LogP) is 5.77. The molecular formula is C21H28N2O. The van der Waals surface area contributed by atoms with Crippen LogP contribution in [0.1, 0.15) is 56.7 Å². The first kappa shape index (κ1) is 18.1. The molecule has 2 amide bonds. The van der Waals surface area contributed by atoms with Crippen LogP contribution in [-0.2, 0) is 13.1 Å². The van der Waals surface area contributed by atoms with Crippen LogP contribution >= 0.6 is 0 Å². The van der Waals surface area contributed by atoms with Crippen LogP contribution in [0.3, 0.4) is 0 Å². The van der Waals surface area contributed by atoms with Crippen molar-refractivity contribution in [3.63, 3.8) is 0 Å². The van der Waals surface area contributed by atoms with Crippen LogP contribution < -0.4 is 5.32 Å². The number of hydrogen-bond donors (Lipinski definition) is 1. The third kappa shape index (κ3) is 4.16. The number of urea groups is 1. The minimum absolute atomic E-state index is 0.0347. The van der Waals surface area contributed by atoms with Gasteiger partial charge >= 0.3 is 6.03 Å². The van der Waals surface area contributed by atoms with E-state index in [1.54, 1.807) is 0 Å². The smallest absolute Gasteiger partial charge is 0.316 e. The van der Waals surface area contributed by atoms with Crippen LogP contribution in [0.2, 0.25) is 0 Å². The van der Waals surface area contributed by atoms with E-state index < -0.39 is 0 Å². The summed E-state index contributed by atoms with van der Waals surface area (Å²) in [6.07, 6.45) is 1.12. The lowest BCUT2D eigenvalue weighted by atomic mass is 9.99. The van der Waals surface area contributed by atoms with Gasteiger partial charge in [0.2, 0.25) is 0 Å². The number of hydrogen-bond acceptors (Lipinski definition) is 1. The second kappa shape index (κ2) is 8.53. The Morgan fingerprint density at radius 3 is 2.08 bits per heavy atom. The first-order valence-electron chi connectivity index (χ1n) is 8.90. The van der Waals surface area contributed by atoms with Crippen molar-refractivity contribution in [2.24, 2.45) is 0 Å². The Hall–Kier alpha value is -2.29. The summed E-state index contributed by atoms with van der Waals surface area (Å²) in [5, 5.41) is 2.99. The van der Waals surface area contributed by atoms with Crippen LogP contribution in [0, 0.1) is 0 Å². The highest BCUT2D eigenvalue weighted by Crippen LogP contribution is 2.24. The van der Waals surface area contributed by atoms with E-state index in [9.17, 15) is 4.79 Å². The summed E-state index contributed by atoms with van der Waals surface area (Å²) in [4.78, 5) is 14.2. The van der Waals surface area contributed by atoms with Gasteiger partial charge in [-0.15, -0.1) is 0 Å². The lowest BCUT2D eigenvalue weighted by molar-refractivity contribution is 0.212. The van der Waals surface area contributed by atoms with E-state index in [2.05, 4.69) is 43.4 Å². The maximum atomic E-state index is 12.4. The van der Waals surface area contributed by atoms with E-state index in [0.717, 1.165) is 12.1 Å². The van der Waals surface area contributed by atoms with Gasteiger partial charge in [-0.2, -0.15) is 0 Å². The fourth-order valence-electron chi connectivity index (χ4n) is 2.81. The maximum Gasteiger partial charge on any atom is 0.322 e. The van der Waals surface area contributed by atoms with Crippen LogP contribution in [-0.4, -0.2) is 10.9 Å². The van der Waals surface area contributed by atoms with E-state index in [4.69, 9.17) is 0 Å². The topological polar surface area (TPSA) is 32.3 Å². The average molecular weight is 324 g/mol. The molecule has 0 aliphatic carbocycles. The van der Waals surface area contributed by atoms with Crippen molar-refractivity contribution in [3.8, 4) is 0 Å². The number of amides is 2. The summed E-state index contributed by atoms with van der Waals surface area (Å²) in [5.74, 6) is 0.554. The summed E-state index contributed by atoms with van der Waals surface area (Å²) in [7, 11) is 0. The highest BCUT2D eigenvalue weighted by atomic mass is 16.2. The molecule has 1 aliphatic heterocycles. The second-order valence-electron chi connectivity index (χ2n) is 5.99. The molecule has 1 atom stereocenters. The molecule has 1 unspecified atom stereocenters. The van der Waals surface area contributed by atoms with Gasteiger partial charge in [0.05, 0.1) is 0 Å². The van der Waals surface area contributed by atoms with Gasteiger partial charge in [0.15, 0.2) is 0 Å². The summed E-state index contributed by atoms with van der Waals surface area (Å²) in [5.41, 5.74) is 4.65. The number of carbonyl (C=O) groups is 1. The van der Waals surface area contributed by atoms with E-state index in [1.165, 1.54) is 16.7 Å². The van der Waals surface area contributed by atoms with Gasteiger partial charge < -0.3 is 10.2 Å². The van der Waals surface area contributed by atoms with Gasteiger partial charge in [-0.1, -0.05) is 64.1 Å². The highest BCUT2D eigenvalue weighted by molar-refractivity contribution is 5.89. The van der Waals surface area contributed by atoms with Crippen LogP contribution in [0.25, 0.3) is 0 Å². The number of carbonyl (C=O) groups excluding carboxylic acids is 1. The van der Waals surface area contributed by atoms with Crippen molar-refractivity contribution in [3.05, 3.63) is 65.2 Å². The van der Waals surface area contributed by atoms with E-state index >= 15 is 0 Å². The van der Waals surface area contributed by atoms with Gasteiger partial charge in [0.1, 0.15) is 0 Å². The van der Waals surface area contributed by atoms with Gasteiger partial charge in [0.25, 0.3) is 0 Å². The zero-order valence-electron chi connectivity index (χ0n) is 15.2. The number of rotatable bonds is 3. The van der Waals surface area contributed by atoms with Crippen molar-refractivity contribution in [1.82, 2.24) is 4.90 Å². The summed E-state index contributed by atoms with van der Waals surface area (Å²) < 4.78 is 0. The van der Waals surface area contributed by atoms with Gasteiger partial charge in [-0.05, 0) is 41.2 Å². The molecule has 3 rings (SSSR count). The van der Waals surface area contributed by atoms with Gasteiger partial charge in [0, 0.05) is 18.8 Å². The normalized spacial score (nSPS) is 13.6. The zero-order valence-corrected chi connectivity index (χ0v) is 15.2. The Kier molecular flexibility index (Phi) is 6.42. The van der Waals surface area contributed by atoms with Crippen molar-refractivity contribution < 1.29 is 4.79 Å². The first-order chi connectivity index (χ1) is 11.7. The average Bonchev–Trinajstić information content (AvgIpc) is 3.08. The Bertz CT molecular complexity index is 639. The SMILES string of the molecule is CC.CCC(C)c1ccc(NC(=O)N2Cc3ccccc3C2)cc1. The standard InChI is InChI=1S/C19H22N2O.C2H6/c1-3-14(2)15-8-10-18(11-9-15)20-19(22)21-12-16-6-4-5-7-17(16)13-21;1-2/h4-11,14H,3,12-13H2,1-2H3,(H,20,22);1-2H3. The highest BCUT2D eigenvalue weighted by Gasteiger charge is 2.22. The molecule has 1 aliphatic rings. The molecule has 1 heterocycles. The maximum absolute atomic E-state index is 12.4. The zero-order chi connectivity index (χ0) is 17.5. The van der Waals surface area contributed by atoms with Crippen LogP contribution in [0.5, 0.6) is 0 Å². The Morgan fingerprint density at radius 2 is 1.58 bits per heavy atom. The molecule has 3 nitrogen and oxygen atoms in total. The molecule has 0 saturated heterocycles. The van der Waals surface area contributed by atoms with Crippen molar-refractivity contribution in [2.75, 3.05) is 5.32 Å². The fraction of sp³-hybridized carbons (Fsp3) is 0.381. The summed E-state index contributed by atoms with van der Waals surface area (Å²) in [6.45, 7) is 9.78. The lowest BCUT2D eigenvalue weighted by Crippen LogP contribution is -2.30. The molecule has 0 radical (unpaired) electrons. The molecule has 0 fully saturated rings. The molecule has 0 bridgehead atoms. The third-order valence-electron chi connectivity index (χ3n) is 4.47. The Labute approximate surface area is 145 Å². The monoisotopic (exact) mass is 324 g/mol. The predicted molar refractivity (Wildman–Crippen MR) is 101 cm³/mol.